The van der Waals surface area contributed by atoms with Crippen LogP contribution in [0.15, 0.2) is 59.5 Å². The minimum absolute atomic E-state index is 0.0916. The highest BCUT2D eigenvalue weighted by molar-refractivity contribution is 7.93. The number of hydrogen-bond donors (Lipinski definition) is 2. The average Bonchev–Trinajstić information content (AvgIpc) is 2.93. The minimum Gasteiger partial charge on any atom is -0.321 e. The summed E-state index contributed by atoms with van der Waals surface area (Å²) in [6.07, 6.45) is 0. The van der Waals surface area contributed by atoms with Crippen molar-refractivity contribution in [3.8, 4) is 6.07 Å². The second-order valence-electron chi connectivity index (χ2n) is 5.59. The van der Waals surface area contributed by atoms with Crippen molar-refractivity contribution in [3.63, 3.8) is 0 Å². The fourth-order valence-corrected chi connectivity index (χ4v) is 4.18. The Balaban J connectivity index is 1.82. The molecule has 0 spiro atoms. The maximum atomic E-state index is 12.8. The molecule has 7 heteroatoms. The molecular formula is C18H11N3O3S. The fourth-order valence-electron chi connectivity index (χ4n) is 2.92. The van der Waals surface area contributed by atoms with E-state index in [0.29, 0.717) is 33.3 Å². The van der Waals surface area contributed by atoms with Crippen molar-refractivity contribution in [2.75, 3.05) is 10.0 Å². The molecule has 1 amide bonds. The Hall–Kier alpha value is -3.37. The molecule has 3 aromatic carbocycles. The van der Waals surface area contributed by atoms with Gasteiger partial charge in [0, 0.05) is 27.7 Å². The molecule has 0 unspecified atom stereocenters. The minimum atomic E-state index is -3.85. The van der Waals surface area contributed by atoms with E-state index >= 15 is 0 Å². The van der Waals surface area contributed by atoms with Gasteiger partial charge >= 0.3 is 0 Å². The number of nitrogens with one attached hydrogen (secondary N) is 2. The Morgan fingerprint density at radius 1 is 1.00 bits per heavy atom. The van der Waals surface area contributed by atoms with E-state index in [1.807, 2.05) is 6.07 Å². The number of nitriles is 1. The van der Waals surface area contributed by atoms with Gasteiger partial charge in [-0.15, -0.1) is 0 Å². The standard InChI is InChI=1S/C18H11N3O3S/c19-10-11-4-6-12(7-5-11)21-25(23,24)16-9-8-15-17-13(16)2-1-3-14(17)18(22)20-15/h1-9,21H,(H,20,22). The van der Waals surface area contributed by atoms with Crippen LogP contribution in [0.3, 0.4) is 0 Å². The number of carbonyl (C=O) groups is 1. The lowest BCUT2D eigenvalue weighted by molar-refractivity contribution is 0.103. The second kappa shape index (κ2) is 5.33. The summed E-state index contributed by atoms with van der Waals surface area (Å²) in [6, 6.07) is 16.2. The van der Waals surface area contributed by atoms with Crippen molar-refractivity contribution < 1.29 is 13.2 Å². The van der Waals surface area contributed by atoms with Crippen LogP contribution in [-0.2, 0) is 10.0 Å². The molecule has 2 N–H and O–H groups in total. The molecule has 0 radical (unpaired) electrons. The summed E-state index contributed by atoms with van der Waals surface area (Å²) in [6.45, 7) is 0. The highest BCUT2D eigenvalue weighted by Crippen LogP contribution is 2.36. The lowest BCUT2D eigenvalue weighted by Crippen LogP contribution is -2.13. The van der Waals surface area contributed by atoms with Crippen molar-refractivity contribution in [1.82, 2.24) is 0 Å². The number of nitrogens with zero attached hydrogens (tertiary/aromatic N) is 1. The van der Waals surface area contributed by atoms with E-state index in [0.717, 1.165) is 0 Å². The topological polar surface area (TPSA) is 99.1 Å². The third kappa shape index (κ3) is 2.40. The van der Waals surface area contributed by atoms with E-state index in [2.05, 4.69) is 10.0 Å². The van der Waals surface area contributed by atoms with Crippen LogP contribution in [0.1, 0.15) is 15.9 Å². The number of anilines is 2. The number of carbonyl (C=O) groups excluding carboxylic acids is 1. The Morgan fingerprint density at radius 3 is 2.48 bits per heavy atom. The third-order valence-corrected chi connectivity index (χ3v) is 5.49. The summed E-state index contributed by atoms with van der Waals surface area (Å²) in [5.74, 6) is -0.241. The molecule has 1 aliphatic rings. The van der Waals surface area contributed by atoms with Crippen LogP contribution in [0, 0.1) is 11.3 Å². The first-order chi connectivity index (χ1) is 12.0. The molecule has 122 valence electrons. The van der Waals surface area contributed by atoms with E-state index < -0.39 is 10.0 Å². The monoisotopic (exact) mass is 349 g/mol. The van der Waals surface area contributed by atoms with Crippen molar-refractivity contribution in [1.29, 1.82) is 5.26 Å². The van der Waals surface area contributed by atoms with E-state index in [9.17, 15) is 13.2 Å². The van der Waals surface area contributed by atoms with Crippen LogP contribution in [0.5, 0.6) is 0 Å². The second-order valence-corrected chi connectivity index (χ2v) is 7.24. The van der Waals surface area contributed by atoms with Gasteiger partial charge in [-0.25, -0.2) is 8.42 Å². The smallest absolute Gasteiger partial charge is 0.262 e. The number of benzene rings is 3. The highest BCUT2D eigenvalue weighted by atomic mass is 32.2. The maximum Gasteiger partial charge on any atom is 0.262 e. The van der Waals surface area contributed by atoms with Gasteiger partial charge < -0.3 is 5.32 Å². The molecule has 0 saturated heterocycles. The van der Waals surface area contributed by atoms with Gasteiger partial charge in [-0.2, -0.15) is 5.26 Å². The summed E-state index contributed by atoms with van der Waals surface area (Å²) < 4.78 is 28.1. The van der Waals surface area contributed by atoms with Crippen LogP contribution in [0.2, 0.25) is 0 Å². The van der Waals surface area contributed by atoms with Crippen molar-refractivity contribution in [3.05, 3.63) is 65.7 Å². The molecule has 0 atom stereocenters. The lowest BCUT2D eigenvalue weighted by atomic mass is 10.1. The van der Waals surface area contributed by atoms with Crippen LogP contribution < -0.4 is 10.0 Å². The third-order valence-electron chi connectivity index (χ3n) is 4.05. The zero-order valence-corrected chi connectivity index (χ0v) is 13.6. The Kier molecular flexibility index (Phi) is 3.23. The first kappa shape index (κ1) is 15.2. The van der Waals surface area contributed by atoms with Gasteiger partial charge in [0.2, 0.25) is 0 Å². The summed E-state index contributed by atoms with van der Waals surface area (Å²) in [5, 5.41) is 12.6. The van der Waals surface area contributed by atoms with E-state index in [1.165, 1.54) is 30.3 Å². The zero-order valence-electron chi connectivity index (χ0n) is 12.8. The Labute approximate surface area is 143 Å². The largest absolute Gasteiger partial charge is 0.321 e. The van der Waals surface area contributed by atoms with Crippen molar-refractivity contribution in [2.24, 2.45) is 0 Å². The summed E-state index contributed by atoms with van der Waals surface area (Å²) in [5.41, 5.74) is 1.87. The van der Waals surface area contributed by atoms with E-state index in [4.69, 9.17) is 5.26 Å². The molecule has 1 heterocycles. The van der Waals surface area contributed by atoms with Gasteiger partial charge in [0.05, 0.1) is 16.5 Å². The van der Waals surface area contributed by atoms with Crippen LogP contribution in [0.25, 0.3) is 10.8 Å². The molecule has 4 rings (SSSR count). The summed E-state index contributed by atoms with van der Waals surface area (Å²) in [7, 11) is -3.85. The number of sulfonamides is 1. The summed E-state index contributed by atoms with van der Waals surface area (Å²) in [4.78, 5) is 12.0. The number of hydrogen-bond acceptors (Lipinski definition) is 4. The van der Waals surface area contributed by atoms with Crippen LogP contribution in [0.4, 0.5) is 11.4 Å². The van der Waals surface area contributed by atoms with Gasteiger partial charge in [-0.1, -0.05) is 12.1 Å². The molecule has 0 fully saturated rings. The molecule has 0 bridgehead atoms. The van der Waals surface area contributed by atoms with E-state index in [-0.39, 0.29) is 10.8 Å². The molecular weight excluding hydrogens is 338 g/mol. The van der Waals surface area contributed by atoms with Crippen LogP contribution >= 0.6 is 0 Å². The highest BCUT2D eigenvalue weighted by Gasteiger charge is 2.26. The molecule has 0 saturated carbocycles. The molecule has 25 heavy (non-hydrogen) atoms. The van der Waals surface area contributed by atoms with Crippen molar-refractivity contribution in [2.45, 2.75) is 4.90 Å². The predicted octanol–water partition coefficient (Wildman–Crippen LogP) is 3.08. The molecule has 6 nitrogen and oxygen atoms in total. The normalized spacial score (nSPS) is 12.7. The Bertz CT molecular complexity index is 1180. The average molecular weight is 349 g/mol. The first-order valence-corrected chi connectivity index (χ1v) is 8.88. The van der Waals surface area contributed by atoms with Gasteiger partial charge in [0.1, 0.15) is 0 Å². The SMILES string of the molecule is N#Cc1ccc(NS(=O)(=O)c2ccc3c4c(cccc24)C(=O)N3)cc1. The maximum absolute atomic E-state index is 12.8. The quantitative estimate of drug-likeness (QED) is 0.759. The number of rotatable bonds is 3. The summed E-state index contributed by atoms with van der Waals surface area (Å²) >= 11 is 0. The zero-order chi connectivity index (χ0) is 17.6. The van der Waals surface area contributed by atoms with Crippen molar-refractivity contribution >= 4 is 38.1 Å². The first-order valence-electron chi connectivity index (χ1n) is 7.40. The molecule has 3 aromatic rings. The number of amides is 1. The lowest BCUT2D eigenvalue weighted by Gasteiger charge is -2.11. The molecule has 0 aliphatic carbocycles. The fraction of sp³-hybridized carbons (Fsp3) is 0. The van der Waals surface area contributed by atoms with Gasteiger partial charge in [-0.05, 0) is 42.5 Å². The Morgan fingerprint density at radius 2 is 1.76 bits per heavy atom. The van der Waals surface area contributed by atoms with Crippen LogP contribution in [-0.4, -0.2) is 14.3 Å². The van der Waals surface area contributed by atoms with E-state index in [1.54, 1.807) is 24.3 Å². The van der Waals surface area contributed by atoms with Gasteiger partial charge in [0.15, 0.2) is 0 Å². The molecule has 0 aromatic heterocycles. The molecule has 1 aliphatic heterocycles. The predicted molar refractivity (Wildman–Crippen MR) is 93.9 cm³/mol. The van der Waals surface area contributed by atoms with Gasteiger partial charge in [-0.3, -0.25) is 9.52 Å². The van der Waals surface area contributed by atoms with Gasteiger partial charge in [0.25, 0.3) is 15.9 Å².